The molecule has 0 spiro atoms. The Hall–Kier alpha value is -0.490. The van der Waals surface area contributed by atoms with Gasteiger partial charge in [-0.25, -0.2) is 4.98 Å². The molecule has 0 aromatic carbocycles. The van der Waals surface area contributed by atoms with E-state index in [0.717, 1.165) is 38.4 Å². The first-order valence-electron chi connectivity index (χ1n) is 5.63. The molecule has 1 fully saturated rings. The minimum absolute atomic E-state index is 0.00342. The lowest BCUT2D eigenvalue weighted by atomic mass is 10.2. The van der Waals surface area contributed by atoms with Gasteiger partial charge in [0.25, 0.3) is 0 Å². The lowest BCUT2D eigenvalue weighted by Crippen LogP contribution is -2.44. The average molecular weight is 242 g/mol. The molecule has 4 nitrogen and oxygen atoms in total. The predicted molar refractivity (Wildman–Crippen MR) is 63.8 cm³/mol. The standard InChI is InChI=1S/C11H18N2O2S/c1-9-11(16-8-12-9)2-3-13-4-5-15-10(6-13)7-14/h8,10,14H,2-7H2,1H3. The molecule has 5 heteroatoms. The molecule has 90 valence electrons. The second kappa shape index (κ2) is 5.72. The fourth-order valence-electron chi connectivity index (χ4n) is 1.92. The Balaban J connectivity index is 1.79. The summed E-state index contributed by atoms with van der Waals surface area (Å²) >= 11 is 1.73. The molecule has 0 saturated carbocycles. The van der Waals surface area contributed by atoms with Crippen LogP contribution in [0.1, 0.15) is 10.6 Å². The molecule has 1 unspecified atom stereocenters. The van der Waals surface area contributed by atoms with Crippen molar-refractivity contribution in [2.75, 3.05) is 32.8 Å². The molecule has 2 heterocycles. The van der Waals surface area contributed by atoms with Crippen LogP contribution in [-0.4, -0.2) is 53.9 Å². The van der Waals surface area contributed by atoms with E-state index < -0.39 is 0 Å². The minimum atomic E-state index is -0.00342. The molecule has 2 rings (SSSR count). The smallest absolute Gasteiger partial charge is 0.0932 e. The normalized spacial score (nSPS) is 22.5. The van der Waals surface area contributed by atoms with Gasteiger partial charge >= 0.3 is 0 Å². The van der Waals surface area contributed by atoms with Crippen molar-refractivity contribution in [3.05, 3.63) is 16.1 Å². The number of hydrogen-bond donors (Lipinski definition) is 1. The maximum absolute atomic E-state index is 9.05. The van der Waals surface area contributed by atoms with Gasteiger partial charge in [-0.1, -0.05) is 0 Å². The monoisotopic (exact) mass is 242 g/mol. The summed E-state index contributed by atoms with van der Waals surface area (Å²) < 4.78 is 5.42. The number of aliphatic hydroxyl groups excluding tert-OH is 1. The quantitative estimate of drug-likeness (QED) is 0.843. The number of morpholine rings is 1. The van der Waals surface area contributed by atoms with Gasteiger partial charge in [0.15, 0.2) is 0 Å². The molecule has 1 aliphatic heterocycles. The number of aryl methyl sites for hydroxylation is 1. The highest BCUT2D eigenvalue weighted by Crippen LogP contribution is 2.14. The zero-order chi connectivity index (χ0) is 11.4. The van der Waals surface area contributed by atoms with Gasteiger partial charge in [-0.05, 0) is 13.3 Å². The first-order chi connectivity index (χ1) is 7.79. The number of ether oxygens (including phenoxy) is 1. The van der Waals surface area contributed by atoms with Crippen molar-refractivity contribution in [3.63, 3.8) is 0 Å². The zero-order valence-electron chi connectivity index (χ0n) is 9.56. The van der Waals surface area contributed by atoms with E-state index >= 15 is 0 Å². The molecule has 1 aromatic rings. The summed E-state index contributed by atoms with van der Waals surface area (Å²) in [7, 11) is 0. The summed E-state index contributed by atoms with van der Waals surface area (Å²) in [5.74, 6) is 0. The van der Waals surface area contributed by atoms with Crippen LogP contribution in [0, 0.1) is 6.92 Å². The van der Waals surface area contributed by atoms with Gasteiger partial charge < -0.3 is 9.84 Å². The molecule has 0 aliphatic carbocycles. The fraction of sp³-hybridized carbons (Fsp3) is 0.727. The number of aliphatic hydroxyl groups is 1. The van der Waals surface area contributed by atoms with Crippen LogP contribution in [-0.2, 0) is 11.2 Å². The number of nitrogens with zero attached hydrogens (tertiary/aromatic N) is 2. The van der Waals surface area contributed by atoms with Crippen molar-refractivity contribution in [2.45, 2.75) is 19.4 Å². The highest BCUT2D eigenvalue weighted by Gasteiger charge is 2.19. The van der Waals surface area contributed by atoms with Crippen molar-refractivity contribution >= 4 is 11.3 Å². The highest BCUT2D eigenvalue weighted by molar-refractivity contribution is 7.09. The van der Waals surface area contributed by atoms with Gasteiger partial charge in [-0.15, -0.1) is 11.3 Å². The van der Waals surface area contributed by atoms with Crippen LogP contribution in [0.3, 0.4) is 0 Å². The highest BCUT2D eigenvalue weighted by atomic mass is 32.1. The third-order valence-corrected chi connectivity index (χ3v) is 3.92. The molecular weight excluding hydrogens is 224 g/mol. The molecular formula is C11H18N2O2S. The second-order valence-corrected chi connectivity index (χ2v) is 5.03. The molecule has 0 radical (unpaired) electrons. The van der Waals surface area contributed by atoms with Gasteiger partial charge in [-0.3, -0.25) is 4.90 Å². The molecule has 0 bridgehead atoms. The minimum Gasteiger partial charge on any atom is -0.394 e. The molecule has 0 amide bonds. The second-order valence-electron chi connectivity index (χ2n) is 4.09. The van der Waals surface area contributed by atoms with Gasteiger partial charge in [-0.2, -0.15) is 0 Å². The van der Waals surface area contributed by atoms with E-state index in [-0.39, 0.29) is 12.7 Å². The van der Waals surface area contributed by atoms with Gasteiger partial charge in [0.05, 0.1) is 30.5 Å². The molecule has 1 atom stereocenters. The summed E-state index contributed by atoms with van der Waals surface area (Å²) in [6.45, 7) is 5.75. The number of rotatable bonds is 4. The van der Waals surface area contributed by atoms with Crippen molar-refractivity contribution in [2.24, 2.45) is 0 Å². The first kappa shape index (κ1) is 12.0. The Kier molecular flexibility index (Phi) is 4.29. The van der Waals surface area contributed by atoms with Crippen LogP contribution >= 0.6 is 11.3 Å². The van der Waals surface area contributed by atoms with E-state index in [9.17, 15) is 0 Å². The Morgan fingerprint density at radius 1 is 1.69 bits per heavy atom. The van der Waals surface area contributed by atoms with E-state index in [1.54, 1.807) is 11.3 Å². The van der Waals surface area contributed by atoms with Crippen LogP contribution in [0.4, 0.5) is 0 Å². The SMILES string of the molecule is Cc1ncsc1CCN1CCOC(CO)C1. The summed E-state index contributed by atoms with van der Waals surface area (Å²) in [5.41, 5.74) is 3.05. The van der Waals surface area contributed by atoms with Crippen LogP contribution in [0.5, 0.6) is 0 Å². The van der Waals surface area contributed by atoms with Crippen molar-refractivity contribution in [1.82, 2.24) is 9.88 Å². The maximum Gasteiger partial charge on any atom is 0.0932 e. The zero-order valence-corrected chi connectivity index (χ0v) is 10.4. The molecule has 1 saturated heterocycles. The Bertz CT molecular complexity index is 330. The Morgan fingerprint density at radius 2 is 2.56 bits per heavy atom. The van der Waals surface area contributed by atoms with Crippen LogP contribution in [0.15, 0.2) is 5.51 Å². The molecule has 1 N–H and O–H groups in total. The maximum atomic E-state index is 9.05. The average Bonchev–Trinajstić information content (AvgIpc) is 2.72. The number of thiazole rings is 1. The van der Waals surface area contributed by atoms with E-state index in [4.69, 9.17) is 9.84 Å². The van der Waals surface area contributed by atoms with Crippen LogP contribution < -0.4 is 0 Å². The molecule has 1 aliphatic rings. The van der Waals surface area contributed by atoms with E-state index in [2.05, 4.69) is 16.8 Å². The summed E-state index contributed by atoms with van der Waals surface area (Å²) in [4.78, 5) is 7.97. The number of hydrogen-bond acceptors (Lipinski definition) is 5. The molecule has 1 aromatic heterocycles. The molecule has 16 heavy (non-hydrogen) atoms. The lowest BCUT2D eigenvalue weighted by Gasteiger charge is -2.31. The van der Waals surface area contributed by atoms with Crippen LogP contribution in [0.2, 0.25) is 0 Å². The van der Waals surface area contributed by atoms with Crippen molar-refractivity contribution < 1.29 is 9.84 Å². The fourth-order valence-corrected chi connectivity index (χ4v) is 2.69. The van der Waals surface area contributed by atoms with Gasteiger partial charge in [0.2, 0.25) is 0 Å². The Morgan fingerprint density at radius 3 is 3.25 bits per heavy atom. The largest absolute Gasteiger partial charge is 0.394 e. The van der Waals surface area contributed by atoms with E-state index in [0.29, 0.717) is 0 Å². The van der Waals surface area contributed by atoms with E-state index in [1.165, 1.54) is 4.88 Å². The third-order valence-electron chi connectivity index (χ3n) is 2.93. The van der Waals surface area contributed by atoms with E-state index in [1.807, 2.05) is 5.51 Å². The first-order valence-corrected chi connectivity index (χ1v) is 6.51. The van der Waals surface area contributed by atoms with Crippen LogP contribution in [0.25, 0.3) is 0 Å². The Labute approximate surface area is 99.9 Å². The summed E-state index contributed by atoms with van der Waals surface area (Å²) in [6, 6.07) is 0. The predicted octanol–water partition coefficient (Wildman–Crippen LogP) is 0.687. The lowest BCUT2D eigenvalue weighted by molar-refractivity contribution is -0.0522. The number of aromatic nitrogens is 1. The van der Waals surface area contributed by atoms with Gasteiger partial charge in [0.1, 0.15) is 0 Å². The summed E-state index contributed by atoms with van der Waals surface area (Å²) in [6.07, 6.45) is 1.05. The van der Waals surface area contributed by atoms with Crippen molar-refractivity contribution in [1.29, 1.82) is 0 Å². The van der Waals surface area contributed by atoms with Crippen molar-refractivity contribution in [3.8, 4) is 0 Å². The third kappa shape index (κ3) is 3.01. The van der Waals surface area contributed by atoms with Gasteiger partial charge in [0, 0.05) is 24.5 Å². The summed E-state index contributed by atoms with van der Waals surface area (Å²) in [5, 5.41) is 9.05. The topological polar surface area (TPSA) is 45.6 Å².